The second-order valence-electron chi connectivity index (χ2n) is 8.32. The lowest BCUT2D eigenvalue weighted by Crippen LogP contribution is -2.43. The van der Waals surface area contributed by atoms with Gasteiger partial charge in [0.2, 0.25) is 5.89 Å². The molecule has 1 N–H and O–H groups in total. The van der Waals surface area contributed by atoms with Crippen LogP contribution in [0.15, 0.2) is 35.0 Å². The summed E-state index contributed by atoms with van der Waals surface area (Å²) in [5.74, 6) is 1.76. The Morgan fingerprint density at radius 2 is 2.10 bits per heavy atom. The number of carbonyl (C=O) groups is 1. The number of fused-ring (bicyclic) bond motifs is 1. The highest BCUT2D eigenvalue weighted by Crippen LogP contribution is 2.25. The molecule has 1 amide bonds. The molecule has 31 heavy (non-hydrogen) atoms. The van der Waals surface area contributed by atoms with Crippen LogP contribution in [0.5, 0.6) is 0 Å². The molecule has 0 saturated carbocycles. The Kier molecular flexibility index (Phi) is 5.99. The summed E-state index contributed by atoms with van der Waals surface area (Å²) in [6.07, 6.45) is 6.21. The molecule has 0 radical (unpaired) electrons. The van der Waals surface area contributed by atoms with E-state index in [1.54, 1.807) is 0 Å². The molecule has 4 heterocycles. The molecule has 164 valence electrons. The molecule has 2 aromatic heterocycles. The Morgan fingerprint density at radius 3 is 3.00 bits per heavy atom. The third kappa shape index (κ3) is 4.50. The molecule has 2 saturated heterocycles. The van der Waals surface area contributed by atoms with Crippen LogP contribution in [0.4, 0.5) is 0 Å². The monoisotopic (exact) mass is 424 g/mol. The summed E-state index contributed by atoms with van der Waals surface area (Å²) in [6, 6.07) is 7.89. The number of H-pyrrole nitrogens is 1. The first-order valence-electron chi connectivity index (χ1n) is 11.1. The van der Waals surface area contributed by atoms with Gasteiger partial charge in [-0.3, -0.25) is 4.79 Å². The van der Waals surface area contributed by atoms with Crippen molar-refractivity contribution in [2.75, 3.05) is 32.9 Å². The number of ether oxygens (including phenoxy) is 2. The molecule has 1 atom stereocenters. The zero-order chi connectivity index (χ0) is 21.0. The normalized spacial score (nSPS) is 20.4. The lowest BCUT2D eigenvalue weighted by Gasteiger charge is -2.32. The van der Waals surface area contributed by atoms with E-state index in [4.69, 9.17) is 14.0 Å². The molecule has 2 aliphatic rings. The van der Waals surface area contributed by atoms with Crippen molar-refractivity contribution >= 4 is 16.8 Å². The molecule has 0 bridgehead atoms. The third-order valence-corrected chi connectivity index (χ3v) is 6.22. The molecular formula is C23H28N4O4. The van der Waals surface area contributed by atoms with Gasteiger partial charge in [-0.2, -0.15) is 4.98 Å². The van der Waals surface area contributed by atoms with Crippen LogP contribution in [0.3, 0.4) is 0 Å². The van der Waals surface area contributed by atoms with Crippen LogP contribution in [-0.2, 0) is 15.9 Å². The highest BCUT2D eigenvalue weighted by Gasteiger charge is 2.27. The minimum absolute atomic E-state index is 0.0322. The van der Waals surface area contributed by atoms with Crippen molar-refractivity contribution in [3.63, 3.8) is 0 Å². The molecule has 3 aromatic rings. The van der Waals surface area contributed by atoms with Crippen LogP contribution >= 0.6 is 0 Å². The fraction of sp³-hybridized carbons (Fsp3) is 0.522. The number of likely N-dealkylation sites (tertiary alicyclic amines) is 1. The smallest absolute Gasteiger partial charge is 0.256 e. The zero-order valence-corrected chi connectivity index (χ0v) is 17.6. The lowest BCUT2D eigenvalue weighted by atomic mass is 10.0. The first-order chi connectivity index (χ1) is 15.3. The van der Waals surface area contributed by atoms with Crippen LogP contribution in [0.1, 0.15) is 53.7 Å². The van der Waals surface area contributed by atoms with Crippen LogP contribution < -0.4 is 0 Å². The van der Waals surface area contributed by atoms with Crippen molar-refractivity contribution in [1.29, 1.82) is 0 Å². The van der Waals surface area contributed by atoms with Gasteiger partial charge in [-0.15, -0.1) is 0 Å². The molecule has 2 aliphatic heterocycles. The second-order valence-corrected chi connectivity index (χ2v) is 8.32. The number of hydrogen-bond donors (Lipinski definition) is 1. The van der Waals surface area contributed by atoms with Gasteiger partial charge in [0, 0.05) is 55.7 Å². The molecule has 8 nitrogen and oxygen atoms in total. The number of nitrogens with one attached hydrogen (secondary N) is 1. The van der Waals surface area contributed by atoms with Gasteiger partial charge in [0.1, 0.15) is 0 Å². The minimum Gasteiger partial charge on any atom is -0.381 e. The number of piperidine rings is 1. The van der Waals surface area contributed by atoms with E-state index < -0.39 is 0 Å². The van der Waals surface area contributed by atoms with E-state index >= 15 is 0 Å². The standard InChI is InChI=1S/C23H28N4O4/c28-23(19-14-24-20-6-2-1-5-18(19)20)27-10-3-4-17(15-27)30-13-9-21-25-22(31-26-21)16-7-11-29-12-8-16/h1-2,5-6,14,16-17,24H,3-4,7-13,15H2. The molecule has 1 unspecified atom stereocenters. The van der Waals surface area contributed by atoms with Crippen molar-refractivity contribution in [2.24, 2.45) is 0 Å². The predicted molar refractivity (Wildman–Crippen MR) is 114 cm³/mol. The van der Waals surface area contributed by atoms with E-state index in [2.05, 4.69) is 15.1 Å². The Hall–Kier alpha value is -2.71. The molecule has 1 aromatic carbocycles. The summed E-state index contributed by atoms with van der Waals surface area (Å²) in [4.78, 5) is 22.7. The Balaban J connectivity index is 1.13. The van der Waals surface area contributed by atoms with E-state index in [-0.39, 0.29) is 12.0 Å². The van der Waals surface area contributed by atoms with E-state index in [0.717, 1.165) is 61.9 Å². The molecule has 0 spiro atoms. The number of benzene rings is 1. The van der Waals surface area contributed by atoms with Gasteiger partial charge >= 0.3 is 0 Å². The molecular weight excluding hydrogens is 396 g/mol. The first kappa shape index (κ1) is 20.2. The number of carbonyl (C=O) groups excluding carboxylic acids is 1. The largest absolute Gasteiger partial charge is 0.381 e. The average molecular weight is 425 g/mol. The third-order valence-electron chi connectivity index (χ3n) is 6.22. The van der Waals surface area contributed by atoms with Crippen LogP contribution in [0.25, 0.3) is 10.9 Å². The minimum atomic E-state index is 0.0322. The van der Waals surface area contributed by atoms with Crippen LogP contribution in [-0.4, -0.2) is 64.9 Å². The maximum Gasteiger partial charge on any atom is 0.256 e. The highest BCUT2D eigenvalue weighted by atomic mass is 16.5. The van der Waals surface area contributed by atoms with Crippen molar-refractivity contribution < 1.29 is 18.8 Å². The summed E-state index contributed by atoms with van der Waals surface area (Å²) >= 11 is 0. The Bertz CT molecular complexity index is 1020. The van der Waals surface area contributed by atoms with Gasteiger partial charge in [-0.25, -0.2) is 0 Å². The summed E-state index contributed by atoms with van der Waals surface area (Å²) < 4.78 is 16.9. The van der Waals surface area contributed by atoms with E-state index in [1.807, 2.05) is 35.4 Å². The van der Waals surface area contributed by atoms with Gasteiger partial charge in [-0.1, -0.05) is 23.4 Å². The average Bonchev–Trinajstić information content (AvgIpc) is 3.47. The summed E-state index contributed by atoms with van der Waals surface area (Å²) in [5.41, 5.74) is 1.71. The Morgan fingerprint density at radius 1 is 1.23 bits per heavy atom. The quantitative estimate of drug-likeness (QED) is 0.653. The van der Waals surface area contributed by atoms with Crippen molar-refractivity contribution in [3.05, 3.63) is 47.7 Å². The fourth-order valence-corrected chi connectivity index (χ4v) is 4.47. The molecule has 0 aliphatic carbocycles. The first-order valence-corrected chi connectivity index (χ1v) is 11.1. The van der Waals surface area contributed by atoms with E-state index in [1.165, 1.54) is 0 Å². The predicted octanol–water partition coefficient (Wildman–Crippen LogP) is 3.31. The topological polar surface area (TPSA) is 93.5 Å². The van der Waals surface area contributed by atoms with E-state index in [9.17, 15) is 4.79 Å². The highest BCUT2D eigenvalue weighted by molar-refractivity contribution is 6.06. The van der Waals surface area contributed by atoms with Crippen LogP contribution in [0.2, 0.25) is 0 Å². The van der Waals surface area contributed by atoms with Gasteiger partial charge in [0.15, 0.2) is 5.82 Å². The number of amides is 1. The molecule has 8 heteroatoms. The second kappa shape index (κ2) is 9.20. The van der Waals surface area contributed by atoms with Gasteiger partial charge in [0.25, 0.3) is 5.91 Å². The van der Waals surface area contributed by atoms with Gasteiger partial charge in [-0.05, 0) is 31.7 Å². The van der Waals surface area contributed by atoms with Gasteiger partial charge in [0.05, 0.1) is 18.3 Å². The number of aromatic nitrogens is 3. The number of para-hydroxylation sites is 1. The maximum atomic E-state index is 13.1. The number of aromatic amines is 1. The number of nitrogens with zero attached hydrogens (tertiary/aromatic N) is 3. The number of rotatable bonds is 6. The molecule has 5 rings (SSSR count). The van der Waals surface area contributed by atoms with Crippen molar-refractivity contribution in [3.8, 4) is 0 Å². The lowest BCUT2D eigenvalue weighted by molar-refractivity contribution is 0.00258. The van der Waals surface area contributed by atoms with Crippen LogP contribution in [0, 0.1) is 0 Å². The zero-order valence-electron chi connectivity index (χ0n) is 17.6. The maximum absolute atomic E-state index is 13.1. The van der Waals surface area contributed by atoms with Gasteiger partial charge < -0.3 is 23.9 Å². The van der Waals surface area contributed by atoms with Crippen molar-refractivity contribution in [1.82, 2.24) is 20.0 Å². The summed E-state index contributed by atoms with van der Waals surface area (Å²) in [5, 5.41) is 5.07. The Labute approximate surface area is 180 Å². The number of hydrogen-bond acceptors (Lipinski definition) is 6. The SMILES string of the molecule is O=C(c1c[nH]c2ccccc12)N1CCCC(OCCc2noc(C3CCOCC3)n2)C1. The van der Waals surface area contributed by atoms with E-state index in [0.29, 0.717) is 37.2 Å². The molecule has 2 fully saturated rings. The summed E-state index contributed by atoms with van der Waals surface area (Å²) in [6.45, 7) is 3.39. The summed E-state index contributed by atoms with van der Waals surface area (Å²) in [7, 11) is 0. The fourth-order valence-electron chi connectivity index (χ4n) is 4.47. The van der Waals surface area contributed by atoms with Crippen molar-refractivity contribution in [2.45, 2.75) is 44.1 Å².